The van der Waals surface area contributed by atoms with Crippen LogP contribution in [0.4, 0.5) is 0 Å². The van der Waals surface area contributed by atoms with E-state index >= 15 is 0 Å². The van der Waals surface area contributed by atoms with Gasteiger partial charge in [-0.05, 0) is 59.5 Å². The minimum absolute atomic E-state index is 1.10. The van der Waals surface area contributed by atoms with Gasteiger partial charge in [-0.1, -0.05) is 28.1 Å². The monoisotopic (exact) mass is 338 g/mol. The maximum Gasteiger partial charge on any atom is 0.0159 e. The summed E-state index contributed by atoms with van der Waals surface area (Å²) < 4.78 is 1.36. The molecule has 0 aliphatic carbocycles. The lowest BCUT2D eigenvalue weighted by atomic mass is 10.1. The van der Waals surface area contributed by atoms with Gasteiger partial charge in [-0.3, -0.25) is 0 Å². The minimum Gasteiger partial charge on any atom is -0.0928 e. The van der Waals surface area contributed by atoms with Gasteiger partial charge in [-0.25, -0.2) is 0 Å². The third-order valence-electron chi connectivity index (χ3n) is 1.82. The van der Waals surface area contributed by atoms with E-state index in [1.165, 1.54) is 27.5 Å². The molecule has 0 nitrogen and oxygen atoms in total. The molecule has 12 heavy (non-hydrogen) atoms. The highest BCUT2D eigenvalue weighted by atomic mass is 127. The SMILES string of the molecule is Cc1cc(CCCBr)ccc1I. The van der Waals surface area contributed by atoms with Crippen molar-refractivity contribution < 1.29 is 0 Å². The molecule has 0 spiro atoms. The van der Waals surface area contributed by atoms with Crippen LogP contribution in [0.2, 0.25) is 0 Å². The van der Waals surface area contributed by atoms with Gasteiger partial charge in [0.05, 0.1) is 0 Å². The molecule has 0 saturated carbocycles. The maximum absolute atomic E-state index is 3.44. The van der Waals surface area contributed by atoms with Crippen LogP contribution in [0.5, 0.6) is 0 Å². The Labute approximate surface area is 96.0 Å². The number of hydrogen-bond acceptors (Lipinski definition) is 0. The van der Waals surface area contributed by atoms with E-state index in [0.29, 0.717) is 0 Å². The third kappa shape index (κ3) is 3.05. The van der Waals surface area contributed by atoms with Crippen LogP contribution >= 0.6 is 38.5 Å². The fourth-order valence-corrected chi connectivity index (χ4v) is 1.75. The van der Waals surface area contributed by atoms with Crippen molar-refractivity contribution in [1.29, 1.82) is 0 Å². The molecular formula is C10H12BrI. The van der Waals surface area contributed by atoms with Crippen LogP contribution in [0.15, 0.2) is 18.2 Å². The van der Waals surface area contributed by atoms with E-state index in [2.05, 4.69) is 63.6 Å². The van der Waals surface area contributed by atoms with Crippen molar-refractivity contribution in [2.45, 2.75) is 19.8 Å². The summed E-state index contributed by atoms with van der Waals surface area (Å²) in [6, 6.07) is 6.70. The summed E-state index contributed by atoms with van der Waals surface area (Å²) in [6.45, 7) is 2.17. The summed E-state index contributed by atoms with van der Waals surface area (Å²) in [4.78, 5) is 0. The molecule has 0 aromatic heterocycles. The molecule has 0 atom stereocenters. The lowest BCUT2D eigenvalue weighted by Gasteiger charge is -2.02. The molecule has 0 unspecified atom stereocenters. The molecule has 1 rings (SSSR count). The molecule has 0 N–H and O–H groups in total. The van der Waals surface area contributed by atoms with E-state index < -0.39 is 0 Å². The molecule has 0 amide bonds. The van der Waals surface area contributed by atoms with Gasteiger partial charge in [-0.15, -0.1) is 0 Å². The molecule has 0 bridgehead atoms. The molecule has 66 valence electrons. The average molecular weight is 339 g/mol. The van der Waals surface area contributed by atoms with E-state index in [9.17, 15) is 0 Å². The van der Waals surface area contributed by atoms with Gasteiger partial charge < -0.3 is 0 Å². The summed E-state index contributed by atoms with van der Waals surface area (Å²) in [5.41, 5.74) is 2.84. The van der Waals surface area contributed by atoms with Crippen LogP contribution in [0.1, 0.15) is 17.5 Å². The van der Waals surface area contributed by atoms with E-state index in [4.69, 9.17) is 0 Å². The standard InChI is InChI=1S/C10H12BrI/c1-8-7-9(3-2-6-11)4-5-10(8)12/h4-5,7H,2-3,6H2,1H3. The molecule has 1 aromatic rings. The first-order valence-electron chi connectivity index (χ1n) is 4.05. The normalized spacial score (nSPS) is 10.2. The minimum atomic E-state index is 1.10. The Bertz CT molecular complexity index is 258. The van der Waals surface area contributed by atoms with E-state index in [1.807, 2.05) is 0 Å². The van der Waals surface area contributed by atoms with Crippen molar-refractivity contribution in [3.8, 4) is 0 Å². The Morgan fingerprint density at radius 2 is 2.17 bits per heavy atom. The van der Waals surface area contributed by atoms with E-state index in [-0.39, 0.29) is 0 Å². The van der Waals surface area contributed by atoms with Gasteiger partial charge in [0.15, 0.2) is 0 Å². The first-order chi connectivity index (χ1) is 5.74. The molecule has 0 heterocycles. The number of aryl methyl sites for hydroxylation is 2. The second-order valence-electron chi connectivity index (χ2n) is 2.88. The molecular weight excluding hydrogens is 327 g/mol. The quantitative estimate of drug-likeness (QED) is 0.578. The zero-order valence-corrected chi connectivity index (χ0v) is 10.9. The number of benzene rings is 1. The average Bonchev–Trinajstić information content (AvgIpc) is 2.07. The van der Waals surface area contributed by atoms with Crippen molar-refractivity contribution in [2.24, 2.45) is 0 Å². The van der Waals surface area contributed by atoms with Crippen molar-refractivity contribution in [1.82, 2.24) is 0 Å². The zero-order valence-electron chi connectivity index (χ0n) is 7.11. The van der Waals surface area contributed by atoms with Crippen LogP contribution in [0, 0.1) is 10.5 Å². The summed E-state index contributed by atoms with van der Waals surface area (Å²) in [5.74, 6) is 0. The molecule has 0 radical (unpaired) electrons. The lowest BCUT2D eigenvalue weighted by molar-refractivity contribution is 0.937. The van der Waals surface area contributed by atoms with Crippen molar-refractivity contribution >= 4 is 38.5 Å². The topological polar surface area (TPSA) is 0 Å². The van der Waals surface area contributed by atoms with Gasteiger partial charge in [0.1, 0.15) is 0 Å². The van der Waals surface area contributed by atoms with Gasteiger partial charge in [-0.2, -0.15) is 0 Å². The van der Waals surface area contributed by atoms with Crippen LogP contribution in [-0.4, -0.2) is 5.33 Å². The predicted molar refractivity (Wildman–Crippen MR) is 66.0 cm³/mol. The van der Waals surface area contributed by atoms with Gasteiger partial charge in [0, 0.05) is 8.90 Å². The van der Waals surface area contributed by atoms with E-state index in [0.717, 1.165) is 5.33 Å². The maximum atomic E-state index is 3.44. The second kappa shape index (κ2) is 5.22. The van der Waals surface area contributed by atoms with Crippen LogP contribution < -0.4 is 0 Å². The highest BCUT2D eigenvalue weighted by Crippen LogP contribution is 2.14. The Hall–Kier alpha value is 0.430. The highest BCUT2D eigenvalue weighted by Gasteiger charge is 1.96. The predicted octanol–water partition coefficient (Wildman–Crippen LogP) is 3.93. The first kappa shape index (κ1) is 10.5. The molecule has 0 fully saturated rings. The Kier molecular flexibility index (Phi) is 4.57. The number of hydrogen-bond donors (Lipinski definition) is 0. The lowest BCUT2D eigenvalue weighted by Crippen LogP contribution is -1.88. The summed E-state index contributed by atoms with van der Waals surface area (Å²) >= 11 is 5.81. The zero-order chi connectivity index (χ0) is 8.97. The van der Waals surface area contributed by atoms with Crippen LogP contribution in [0.3, 0.4) is 0 Å². The molecule has 0 saturated heterocycles. The van der Waals surface area contributed by atoms with Crippen LogP contribution in [-0.2, 0) is 6.42 Å². The fourth-order valence-electron chi connectivity index (χ4n) is 1.13. The first-order valence-corrected chi connectivity index (χ1v) is 6.25. The van der Waals surface area contributed by atoms with Gasteiger partial charge in [0.25, 0.3) is 0 Å². The number of halogens is 2. The highest BCUT2D eigenvalue weighted by molar-refractivity contribution is 14.1. The fraction of sp³-hybridized carbons (Fsp3) is 0.400. The summed E-state index contributed by atoms with van der Waals surface area (Å²) in [5, 5.41) is 1.10. The smallest absolute Gasteiger partial charge is 0.0159 e. The molecule has 0 aliphatic heterocycles. The van der Waals surface area contributed by atoms with E-state index in [1.54, 1.807) is 0 Å². The van der Waals surface area contributed by atoms with Gasteiger partial charge in [0.2, 0.25) is 0 Å². The molecule has 2 heteroatoms. The summed E-state index contributed by atoms with van der Waals surface area (Å²) in [6.07, 6.45) is 2.41. The van der Waals surface area contributed by atoms with Crippen molar-refractivity contribution in [2.75, 3.05) is 5.33 Å². The largest absolute Gasteiger partial charge is 0.0928 e. The van der Waals surface area contributed by atoms with Crippen LogP contribution in [0.25, 0.3) is 0 Å². The second-order valence-corrected chi connectivity index (χ2v) is 4.83. The number of rotatable bonds is 3. The van der Waals surface area contributed by atoms with Crippen molar-refractivity contribution in [3.63, 3.8) is 0 Å². The number of alkyl halides is 1. The third-order valence-corrected chi connectivity index (χ3v) is 3.59. The molecule has 0 aliphatic rings. The Morgan fingerprint density at radius 3 is 2.75 bits per heavy atom. The van der Waals surface area contributed by atoms with Gasteiger partial charge >= 0.3 is 0 Å². The van der Waals surface area contributed by atoms with Crippen molar-refractivity contribution in [3.05, 3.63) is 32.9 Å². The summed E-state index contributed by atoms with van der Waals surface area (Å²) in [7, 11) is 0. The Morgan fingerprint density at radius 1 is 1.42 bits per heavy atom. The molecule has 1 aromatic carbocycles. The Balaban J connectivity index is 2.69.